The van der Waals surface area contributed by atoms with Crippen LogP contribution >= 0.6 is 36.4 Å². The average molecular weight is 551 g/mol. The van der Waals surface area contributed by atoms with Gasteiger partial charge in [-0.1, -0.05) is 105 Å². The van der Waals surface area contributed by atoms with Crippen LogP contribution in [0.3, 0.4) is 0 Å². The molecule has 1 fully saturated rings. The second-order valence-corrected chi connectivity index (χ2v) is 9.90. The molecular weight excluding hydrogens is 520 g/mol. The van der Waals surface area contributed by atoms with Crippen molar-refractivity contribution in [2.75, 3.05) is 31.1 Å². The normalized spacial score (nSPS) is 14.1. The van der Waals surface area contributed by atoms with Crippen LogP contribution in [-0.4, -0.2) is 41.4 Å². The van der Waals surface area contributed by atoms with E-state index in [1.807, 2.05) is 72.8 Å². The van der Waals surface area contributed by atoms with Crippen molar-refractivity contribution in [3.05, 3.63) is 113 Å². The van der Waals surface area contributed by atoms with Gasteiger partial charge in [0, 0.05) is 6.54 Å². The lowest BCUT2D eigenvalue weighted by Crippen LogP contribution is -2.28. The Balaban J connectivity index is 0.00000380. The Morgan fingerprint density at radius 1 is 0.919 bits per heavy atom. The van der Waals surface area contributed by atoms with E-state index in [0.29, 0.717) is 15.8 Å². The summed E-state index contributed by atoms with van der Waals surface area (Å²) >= 11 is 6.89. The molecule has 0 aromatic heterocycles. The standard InChI is InChI=1S/C30H30N2O2S2.ClH/c1-3-31(4-2)21-22-34-26-17-15-25(16-18-26)32-29(33)28(36-30(32)35)20-19-27(23-11-7-5-8-12-23)24-13-9-6-10-14-24;/h5-20H,3-4,21-22H2,1-2H3;1H/b28-20-;. The zero-order chi connectivity index (χ0) is 25.3. The fourth-order valence-electron chi connectivity index (χ4n) is 3.98. The van der Waals surface area contributed by atoms with Crippen LogP contribution in [0.1, 0.15) is 25.0 Å². The van der Waals surface area contributed by atoms with Crippen LogP contribution in [0.25, 0.3) is 5.57 Å². The van der Waals surface area contributed by atoms with Crippen molar-refractivity contribution in [3.8, 4) is 5.75 Å². The summed E-state index contributed by atoms with van der Waals surface area (Å²) in [5.41, 5.74) is 3.97. The van der Waals surface area contributed by atoms with Crippen LogP contribution < -0.4 is 9.64 Å². The van der Waals surface area contributed by atoms with Crippen molar-refractivity contribution in [2.24, 2.45) is 0 Å². The zero-order valence-electron chi connectivity index (χ0n) is 21.0. The van der Waals surface area contributed by atoms with Crippen LogP contribution in [-0.2, 0) is 4.79 Å². The third kappa shape index (κ3) is 7.33. The molecule has 0 unspecified atom stereocenters. The third-order valence-corrected chi connectivity index (χ3v) is 7.35. The van der Waals surface area contributed by atoms with Crippen LogP contribution in [0.5, 0.6) is 5.75 Å². The van der Waals surface area contributed by atoms with E-state index in [1.165, 1.54) is 11.8 Å². The molecule has 0 N–H and O–H groups in total. The van der Waals surface area contributed by atoms with Crippen LogP contribution in [0.15, 0.2) is 102 Å². The van der Waals surface area contributed by atoms with Gasteiger partial charge in [0.15, 0.2) is 4.32 Å². The number of allylic oxidation sites excluding steroid dienone is 2. The van der Waals surface area contributed by atoms with Gasteiger partial charge in [-0.05, 0) is 60.1 Å². The predicted octanol–water partition coefficient (Wildman–Crippen LogP) is 7.21. The quantitative estimate of drug-likeness (QED) is 0.197. The molecule has 4 rings (SSSR count). The number of likely N-dealkylation sites (N-methyl/N-ethyl adjacent to an activating group) is 1. The molecule has 0 aliphatic carbocycles. The molecule has 37 heavy (non-hydrogen) atoms. The largest absolute Gasteiger partial charge is 0.492 e. The lowest BCUT2D eigenvalue weighted by Gasteiger charge is -2.18. The lowest BCUT2D eigenvalue weighted by atomic mass is 9.97. The number of amides is 1. The predicted molar refractivity (Wildman–Crippen MR) is 163 cm³/mol. The first kappa shape index (κ1) is 28.7. The molecule has 1 heterocycles. The molecule has 0 radical (unpaired) electrons. The van der Waals surface area contributed by atoms with Crippen molar-refractivity contribution in [3.63, 3.8) is 0 Å². The number of benzene rings is 3. The Labute approximate surface area is 235 Å². The number of halogens is 1. The maximum atomic E-state index is 13.3. The number of thiocarbonyl (C=S) groups is 1. The highest BCUT2D eigenvalue weighted by Crippen LogP contribution is 2.36. The second kappa shape index (κ2) is 14.1. The summed E-state index contributed by atoms with van der Waals surface area (Å²) < 4.78 is 6.40. The molecule has 0 atom stereocenters. The van der Waals surface area contributed by atoms with Crippen LogP contribution in [0.2, 0.25) is 0 Å². The molecular formula is C30H31ClN2O2S2. The number of hydrogen-bond donors (Lipinski definition) is 0. The Morgan fingerprint density at radius 2 is 1.49 bits per heavy atom. The molecule has 3 aromatic rings. The van der Waals surface area contributed by atoms with Gasteiger partial charge in [-0.2, -0.15) is 0 Å². The van der Waals surface area contributed by atoms with Crippen molar-refractivity contribution in [1.29, 1.82) is 0 Å². The van der Waals surface area contributed by atoms with Gasteiger partial charge in [-0.15, -0.1) is 12.4 Å². The van der Waals surface area contributed by atoms with Crippen LogP contribution in [0, 0.1) is 0 Å². The minimum absolute atomic E-state index is 0. The fraction of sp³-hybridized carbons (Fsp3) is 0.200. The Bertz CT molecular complexity index is 1200. The minimum atomic E-state index is -0.114. The number of thioether (sulfide) groups is 1. The molecule has 7 heteroatoms. The van der Waals surface area contributed by atoms with Crippen LogP contribution in [0.4, 0.5) is 5.69 Å². The van der Waals surface area contributed by atoms with Crippen molar-refractivity contribution < 1.29 is 9.53 Å². The molecule has 0 bridgehead atoms. The summed E-state index contributed by atoms with van der Waals surface area (Å²) in [7, 11) is 0. The number of ether oxygens (including phenoxy) is 1. The molecule has 1 amide bonds. The summed E-state index contributed by atoms with van der Waals surface area (Å²) in [5, 5.41) is 0. The topological polar surface area (TPSA) is 32.8 Å². The molecule has 0 spiro atoms. The summed E-state index contributed by atoms with van der Waals surface area (Å²) in [6, 6.07) is 27.9. The van der Waals surface area contributed by atoms with Gasteiger partial charge in [0.1, 0.15) is 12.4 Å². The number of carbonyl (C=O) groups is 1. The number of rotatable bonds is 10. The number of carbonyl (C=O) groups excluding carboxylic acids is 1. The highest BCUT2D eigenvalue weighted by molar-refractivity contribution is 8.27. The lowest BCUT2D eigenvalue weighted by molar-refractivity contribution is -0.113. The molecule has 1 aliphatic heterocycles. The van der Waals surface area contributed by atoms with E-state index in [-0.39, 0.29) is 18.3 Å². The second-order valence-electron chi connectivity index (χ2n) is 8.22. The molecule has 1 aliphatic rings. The maximum absolute atomic E-state index is 13.3. The van der Waals surface area contributed by atoms with E-state index in [1.54, 1.807) is 4.90 Å². The minimum Gasteiger partial charge on any atom is -0.492 e. The SMILES string of the molecule is CCN(CC)CCOc1ccc(N2C(=O)/C(=C/C=C(c3ccccc3)c3ccccc3)SC2=S)cc1.Cl. The molecule has 4 nitrogen and oxygen atoms in total. The van der Waals surface area contributed by atoms with Gasteiger partial charge in [0.2, 0.25) is 0 Å². The Hall–Kier alpha value is -2.90. The number of nitrogens with zero attached hydrogens (tertiary/aromatic N) is 2. The van der Waals surface area contributed by atoms with Gasteiger partial charge in [0.05, 0.1) is 10.6 Å². The highest BCUT2D eigenvalue weighted by atomic mass is 35.5. The van der Waals surface area contributed by atoms with Gasteiger partial charge < -0.3 is 9.64 Å². The third-order valence-electron chi connectivity index (χ3n) is 6.03. The van der Waals surface area contributed by atoms with Gasteiger partial charge >= 0.3 is 0 Å². The first-order chi connectivity index (χ1) is 17.6. The zero-order valence-corrected chi connectivity index (χ0v) is 23.5. The molecule has 3 aromatic carbocycles. The van der Waals surface area contributed by atoms with Gasteiger partial charge in [-0.25, -0.2) is 0 Å². The number of anilines is 1. The molecule has 0 saturated carbocycles. The summed E-state index contributed by atoms with van der Waals surface area (Å²) in [6.45, 7) is 7.82. The molecule has 1 saturated heterocycles. The van der Waals surface area contributed by atoms with Crippen molar-refractivity contribution in [2.45, 2.75) is 13.8 Å². The van der Waals surface area contributed by atoms with Gasteiger partial charge in [-0.3, -0.25) is 9.69 Å². The average Bonchev–Trinajstić information content (AvgIpc) is 3.21. The first-order valence-electron chi connectivity index (χ1n) is 12.1. The fourth-order valence-corrected chi connectivity index (χ4v) is 5.22. The van der Waals surface area contributed by atoms with Crippen molar-refractivity contribution >= 4 is 57.9 Å². The smallest absolute Gasteiger partial charge is 0.270 e. The van der Waals surface area contributed by atoms with E-state index in [4.69, 9.17) is 17.0 Å². The Kier molecular flexibility index (Phi) is 11.0. The van der Waals surface area contributed by atoms with E-state index < -0.39 is 0 Å². The number of hydrogen-bond acceptors (Lipinski definition) is 5. The monoisotopic (exact) mass is 550 g/mol. The van der Waals surface area contributed by atoms with E-state index >= 15 is 0 Å². The summed E-state index contributed by atoms with van der Waals surface area (Å²) in [6.07, 6.45) is 3.88. The van der Waals surface area contributed by atoms with E-state index in [9.17, 15) is 4.79 Å². The van der Waals surface area contributed by atoms with Crippen molar-refractivity contribution in [1.82, 2.24) is 4.90 Å². The Morgan fingerprint density at radius 3 is 2.03 bits per heavy atom. The highest BCUT2D eigenvalue weighted by Gasteiger charge is 2.33. The van der Waals surface area contributed by atoms with E-state index in [2.05, 4.69) is 43.0 Å². The van der Waals surface area contributed by atoms with E-state index in [0.717, 1.165) is 47.8 Å². The maximum Gasteiger partial charge on any atom is 0.270 e. The summed E-state index contributed by atoms with van der Waals surface area (Å²) in [5.74, 6) is 0.669. The van der Waals surface area contributed by atoms with Gasteiger partial charge in [0.25, 0.3) is 5.91 Å². The first-order valence-corrected chi connectivity index (χ1v) is 13.4. The molecule has 192 valence electrons. The summed E-state index contributed by atoms with van der Waals surface area (Å²) in [4.78, 5) is 17.8.